The Kier molecular flexibility index (Phi) is 4.87. The van der Waals surface area contributed by atoms with Crippen LogP contribution in [0.3, 0.4) is 0 Å². The summed E-state index contributed by atoms with van der Waals surface area (Å²) in [4.78, 5) is 23.4. The molecular formula is C23H28N4O2. The number of ether oxygens (including phenoxy) is 1. The smallest absolute Gasteiger partial charge is 0.254 e. The van der Waals surface area contributed by atoms with Crippen molar-refractivity contribution in [3.05, 3.63) is 53.7 Å². The van der Waals surface area contributed by atoms with Gasteiger partial charge in [-0.1, -0.05) is 6.07 Å². The first-order valence-corrected chi connectivity index (χ1v) is 10.7. The standard InChI is InChI=1S/C23H28N4O2/c1-16-14-25-22(17-8-12-29-13-9-17)27(16)18-4-3-11-26(15-18)23(28)20-5-2-6-21-19(20)7-10-24-21/h2,5-7,10,14,17-18,24H,3-4,8-9,11-13,15H2,1H3. The van der Waals surface area contributed by atoms with E-state index in [-0.39, 0.29) is 5.91 Å². The zero-order valence-electron chi connectivity index (χ0n) is 16.9. The number of aromatic nitrogens is 3. The van der Waals surface area contributed by atoms with Crippen molar-refractivity contribution in [1.29, 1.82) is 0 Å². The summed E-state index contributed by atoms with van der Waals surface area (Å²) in [7, 11) is 0. The maximum absolute atomic E-state index is 13.4. The highest BCUT2D eigenvalue weighted by Crippen LogP contribution is 2.32. The molecular weight excluding hydrogens is 364 g/mol. The van der Waals surface area contributed by atoms with Crippen LogP contribution in [-0.2, 0) is 4.74 Å². The molecule has 3 aromatic rings. The Hall–Kier alpha value is -2.60. The first-order chi connectivity index (χ1) is 14.2. The van der Waals surface area contributed by atoms with Gasteiger partial charge in [0, 0.05) is 66.8 Å². The quantitative estimate of drug-likeness (QED) is 0.732. The molecule has 1 amide bonds. The molecule has 1 aromatic carbocycles. The summed E-state index contributed by atoms with van der Waals surface area (Å²) in [6.07, 6.45) is 8.06. The Morgan fingerprint density at radius 3 is 2.93 bits per heavy atom. The SMILES string of the molecule is Cc1cnc(C2CCOCC2)n1C1CCCN(C(=O)c2cccc3[nH]ccc23)C1. The Morgan fingerprint density at radius 1 is 1.21 bits per heavy atom. The molecule has 4 heterocycles. The highest BCUT2D eigenvalue weighted by molar-refractivity contribution is 6.06. The van der Waals surface area contributed by atoms with Crippen LogP contribution in [0.15, 0.2) is 36.7 Å². The first kappa shape index (κ1) is 18.4. The van der Waals surface area contributed by atoms with Gasteiger partial charge in [0.05, 0.1) is 6.04 Å². The second kappa shape index (κ2) is 7.67. The minimum atomic E-state index is 0.130. The van der Waals surface area contributed by atoms with Gasteiger partial charge in [-0.15, -0.1) is 0 Å². The molecule has 2 aliphatic heterocycles. The van der Waals surface area contributed by atoms with E-state index in [1.807, 2.05) is 41.6 Å². The Labute approximate surface area is 170 Å². The molecule has 0 spiro atoms. The summed E-state index contributed by atoms with van der Waals surface area (Å²) in [6.45, 7) is 5.32. The lowest BCUT2D eigenvalue weighted by atomic mass is 9.97. The highest BCUT2D eigenvalue weighted by atomic mass is 16.5. The summed E-state index contributed by atoms with van der Waals surface area (Å²) in [5.41, 5.74) is 2.99. The number of amides is 1. The van der Waals surface area contributed by atoms with Crippen molar-refractivity contribution in [2.24, 2.45) is 0 Å². The van der Waals surface area contributed by atoms with Crippen LogP contribution in [0.4, 0.5) is 0 Å². The van der Waals surface area contributed by atoms with Gasteiger partial charge in [0.1, 0.15) is 5.82 Å². The lowest BCUT2D eigenvalue weighted by Gasteiger charge is -2.36. The van der Waals surface area contributed by atoms with E-state index in [1.165, 1.54) is 11.5 Å². The van der Waals surface area contributed by atoms with Gasteiger partial charge in [-0.3, -0.25) is 4.79 Å². The minimum Gasteiger partial charge on any atom is -0.381 e. The molecule has 1 atom stereocenters. The van der Waals surface area contributed by atoms with Crippen molar-refractivity contribution < 1.29 is 9.53 Å². The molecule has 2 fully saturated rings. The van der Waals surface area contributed by atoms with Crippen LogP contribution in [-0.4, -0.2) is 51.6 Å². The van der Waals surface area contributed by atoms with Gasteiger partial charge in [-0.2, -0.15) is 0 Å². The van der Waals surface area contributed by atoms with Crippen LogP contribution in [0.1, 0.15) is 59.5 Å². The summed E-state index contributed by atoms with van der Waals surface area (Å²) >= 11 is 0. The number of carbonyl (C=O) groups is 1. The van der Waals surface area contributed by atoms with E-state index in [0.29, 0.717) is 12.0 Å². The fourth-order valence-electron chi connectivity index (χ4n) is 4.99. The molecule has 2 aromatic heterocycles. The van der Waals surface area contributed by atoms with E-state index in [1.54, 1.807) is 0 Å². The van der Waals surface area contributed by atoms with E-state index in [4.69, 9.17) is 9.72 Å². The number of benzene rings is 1. The molecule has 0 saturated carbocycles. The molecule has 2 aliphatic rings. The topological polar surface area (TPSA) is 63.1 Å². The number of hydrogen-bond acceptors (Lipinski definition) is 3. The molecule has 0 bridgehead atoms. The molecule has 152 valence electrons. The van der Waals surface area contributed by atoms with E-state index >= 15 is 0 Å². The van der Waals surface area contributed by atoms with Crippen molar-refractivity contribution in [3.8, 4) is 0 Å². The van der Waals surface area contributed by atoms with Crippen LogP contribution in [0, 0.1) is 6.92 Å². The lowest BCUT2D eigenvalue weighted by molar-refractivity contribution is 0.0668. The summed E-state index contributed by atoms with van der Waals surface area (Å²) in [6, 6.07) is 8.20. The molecule has 6 heteroatoms. The fraction of sp³-hybridized carbons (Fsp3) is 0.478. The Morgan fingerprint density at radius 2 is 2.07 bits per heavy atom. The molecule has 6 nitrogen and oxygen atoms in total. The summed E-state index contributed by atoms with van der Waals surface area (Å²) < 4.78 is 7.96. The molecule has 0 radical (unpaired) electrons. The highest BCUT2D eigenvalue weighted by Gasteiger charge is 2.30. The number of aromatic amines is 1. The van der Waals surface area contributed by atoms with Crippen molar-refractivity contribution in [2.75, 3.05) is 26.3 Å². The average molecular weight is 393 g/mol. The molecule has 0 aliphatic carbocycles. The normalized spacial score (nSPS) is 21.0. The Bertz CT molecular complexity index is 1010. The number of aryl methyl sites for hydroxylation is 1. The number of imidazole rings is 1. The third kappa shape index (κ3) is 3.35. The second-order valence-electron chi connectivity index (χ2n) is 8.31. The second-order valence-corrected chi connectivity index (χ2v) is 8.31. The molecule has 29 heavy (non-hydrogen) atoms. The number of nitrogens with one attached hydrogen (secondary N) is 1. The van der Waals surface area contributed by atoms with Gasteiger partial charge in [-0.05, 0) is 50.8 Å². The van der Waals surface area contributed by atoms with E-state index in [2.05, 4.69) is 16.5 Å². The lowest BCUT2D eigenvalue weighted by Crippen LogP contribution is -2.41. The third-order valence-corrected chi connectivity index (χ3v) is 6.47. The van der Waals surface area contributed by atoms with Gasteiger partial charge < -0.3 is 19.2 Å². The predicted octanol–water partition coefficient (Wildman–Crippen LogP) is 4.04. The van der Waals surface area contributed by atoms with Crippen LogP contribution in [0.5, 0.6) is 0 Å². The van der Waals surface area contributed by atoms with Crippen molar-refractivity contribution >= 4 is 16.8 Å². The zero-order valence-corrected chi connectivity index (χ0v) is 16.9. The molecule has 2 saturated heterocycles. The predicted molar refractivity (Wildman–Crippen MR) is 112 cm³/mol. The van der Waals surface area contributed by atoms with Crippen LogP contribution in [0.2, 0.25) is 0 Å². The molecule has 5 rings (SSSR count). The number of fused-ring (bicyclic) bond motifs is 1. The van der Waals surface area contributed by atoms with Crippen LogP contribution in [0.25, 0.3) is 10.9 Å². The average Bonchev–Trinajstić information content (AvgIpc) is 3.40. The van der Waals surface area contributed by atoms with E-state index in [9.17, 15) is 4.79 Å². The Balaban J connectivity index is 1.41. The number of rotatable bonds is 3. The van der Waals surface area contributed by atoms with Crippen molar-refractivity contribution in [2.45, 2.75) is 44.6 Å². The number of likely N-dealkylation sites (tertiary alicyclic amines) is 1. The number of nitrogens with zero attached hydrogens (tertiary/aromatic N) is 3. The largest absolute Gasteiger partial charge is 0.381 e. The van der Waals surface area contributed by atoms with Crippen molar-refractivity contribution in [3.63, 3.8) is 0 Å². The van der Waals surface area contributed by atoms with Gasteiger partial charge in [-0.25, -0.2) is 4.98 Å². The molecule has 1 unspecified atom stereocenters. The monoisotopic (exact) mass is 392 g/mol. The number of carbonyl (C=O) groups excluding carboxylic acids is 1. The zero-order chi connectivity index (χ0) is 19.8. The first-order valence-electron chi connectivity index (χ1n) is 10.7. The third-order valence-electron chi connectivity index (χ3n) is 6.47. The van der Waals surface area contributed by atoms with Crippen molar-refractivity contribution in [1.82, 2.24) is 19.4 Å². The van der Waals surface area contributed by atoms with Gasteiger partial charge >= 0.3 is 0 Å². The van der Waals surface area contributed by atoms with Gasteiger partial charge in [0.2, 0.25) is 0 Å². The minimum absolute atomic E-state index is 0.130. The van der Waals surface area contributed by atoms with Gasteiger partial charge in [0.25, 0.3) is 5.91 Å². The van der Waals surface area contributed by atoms with E-state index < -0.39 is 0 Å². The number of H-pyrrole nitrogens is 1. The summed E-state index contributed by atoms with van der Waals surface area (Å²) in [5, 5.41) is 1.00. The van der Waals surface area contributed by atoms with E-state index in [0.717, 1.165) is 68.5 Å². The maximum Gasteiger partial charge on any atom is 0.254 e. The number of hydrogen-bond donors (Lipinski definition) is 1. The van der Waals surface area contributed by atoms with Crippen LogP contribution >= 0.6 is 0 Å². The number of piperidine rings is 1. The summed E-state index contributed by atoms with van der Waals surface area (Å²) in [5.74, 6) is 1.76. The molecule has 1 N–H and O–H groups in total. The fourth-order valence-corrected chi connectivity index (χ4v) is 4.99. The van der Waals surface area contributed by atoms with Crippen LogP contribution < -0.4 is 0 Å². The van der Waals surface area contributed by atoms with Gasteiger partial charge in [0.15, 0.2) is 0 Å². The maximum atomic E-state index is 13.4.